The fourth-order valence-corrected chi connectivity index (χ4v) is 1.03. The van der Waals surface area contributed by atoms with Crippen LogP contribution in [0.25, 0.3) is 0 Å². The Morgan fingerprint density at radius 3 is 3.33 bits per heavy atom. The van der Waals surface area contributed by atoms with Crippen LogP contribution in [0.1, 0.15) is 11.4 Å². The van der Waals surface area contributed by atoms with E-state index in [4.69, 9.17) is 5.21 Å². The topological polar surface area (TPSA) is 52.1 Å². The summed E-state index contributed by atoms with van der Waals surface area (Å²) in [5.74, 6) is 0. The Balaban J connectivity index is 2.39. The number of H-pyrrole nitrogens is 1. The van der Waals surface area contributed by atoms with Crippen LogP contribution in [0.4, 0.5) is 0 Å². The maximum absolute atomic E-state index is 8.91. The maximum Gasteiger partial charge on any atom is 0.0926 e. The van der Waals surface area contributed by atoms with Gasteiger partial charge in [0.25, 0.3) is 0 Å². The van der Waals surface area contributed by atoms with Crippen LogP contribution in [0.2, 0.25) is 0 Å². The minimum absolute atomic E-state index is 0.554. The van der Waals surface area contributed by atoms with E-state index in [2.05, 4.69) is 9.97 Å². The summed E-state index contributed by atoms with van der Waals surface area (Å²) in [6.07, 6.45) is 1.65. The standard InChI is InChI=1S/C5H7N3O/c9-8-1-4-5(2-8)7-3-6-4/h3,9H,1-2H2,(H,6,7). The van der Waals surface area contributed by atoms with E-state index in [-0.39, 0.29) is 0 Å². The Morgan fingerprint density at radius 2 is 2.56 bits per heavy atom. The van der Waals surface area contributed by atoms with E-state index in [1.165, 1.54) is 5.06 Å². The molecular formula is C5H7N3O. The van der Waals surface area contributed by atoms with E-state index < -0.39 is 0 Å². The highest BCUT2D eigenvalue weighted by molar-refractivity contribution is 5.14. The Hall–Kier alpha value is -0.870. The van der Waals surface area contributed by atoms with Crippen molar-refractivity contribution in [3.63, 3.8) is 0 Å². The third-order valence-corrected chi connectivity index (χ3v) is 1.48. The lowest BCUT2D eigenvalue weighted by Gasteiger charge is -2.00. The van der Waals surface area contributed by atoms with Crippen molar-refractivity contribution in [2.24, 2.45) is 0 Å². The second kappa shape index (κ2) is 1.55. The van der Waals surface area contributed by atoms with Crippen LogP contribution >= 0.6 is 0 Å². The summed E-state index contributed by atoms with van der Waals surface area (Å²) in [5, 5.41) is 10.1. The number of nitrogens with one attached hydrogen (secondary N) is 1. The van der Waals surface area contributed by atoms with Crippen LogP contribution < -0.4 is 0 Å². The zero-order valence-electron chi connectivity index (χ0n) is 4.83. The largest absolute Gasteiger partial charge is 0.347 e. The monoisotopic (exact) mass is 125 g/mol. The van der Waals surface area contributed by atoms with Gasteiger partial charge < -0.3 is 10.2 Å². The van der Waals surface area contributed by atoms with Gasteiger partial charge in [-0.2, -0.15) is 5.06 Å². The molecule has 0 spiro atoms. The van der Waals surface area contributed by atoms with Crippen molar-refractivity contribution >= 4 is 0 Å². The first-order valence-electron chi connectivity index (χ1n) is 2.81. The van der Waals surface area contributed by atoms with Crippen molar-refractivity contribution < 1.29 is 5.21 Å². The van der Waals surface area contributed by atoms with Gasteiger partial charge in [-0.15, -0.1) is 0 Å². The van der Waals surface area contributed by atoms with Crippen molar-refractivity contribution in [3.05, 3.63) is 17.7 Å². The second-order valence-corrected chi connectivity index (χ2v) is 2.15. The van der Waals surface area contributed by atoms with Gasteiger partial charge in [0.1, 0.15) is 0 Å². The highest BCUT2D eigenvalue weighted by Crippen LogP contribution is 2.15. The van der Waals surface area contributed by atoms with Gasteiger partial charge in [-0.1, -0.05) is 0 Å². The first kappa shape index (κ1) is 4.96. The minimum atomic E-state index is 0.554. The van der Waals surface area contributed by atoms with Gasteiger partial charge >= 0.3 is 0 Å². The quantitative estimate of drug-likeness (QED) is 0.517. The summed E-state index contributed by atoms with van der Waals surface area (Å²) in [6, 6.07) is 0. The third-order valence-electron chi connectivity index (χ3n) is 1.48. The van der Waals surface area contributed by atoms with Gasteiger partial charge in [-0.3, -0.25) is 0 Å². The zero-order chi connectivity index (χ0) is 6.27. The van der Waals surface area contributed by atoms with Crippen LogP contribution in [0, 0.1) is 0 Å². The molecule has 0 amide bonds. The van der Waals surface area contributed by atoms with E-state index >= 15 is 0 Å². The molecule has 1 aliphatic rings. The fraction of sp³-hybridized carbons (Fsp3) is 0.400. The number of fused-ring (bicyclic) bond motifs is 1. The Morgan fingerprint density at radius 1 is 1.67 bits per heavy atom. The van der Waals surface area contributed by atoms with E-state index in [0.29, 0.717) is 13.1 Å². The molecular weight excluding hydrogens is 118 g/mol. The molecule has 0 aromatic carbocycles. The van der Waals surface area contributed by atoms with Gasteiger partial charge in [0.05, 0.1) is 30.8 Å². The lowest BCUT2D eigenvalue weighted by Crippen LogP contribution is -2.09. The molecule has 2 heterocycles. The molecule has 0 saturated heterocycles. The van der Waals surface area contributed by atoms with Gasteiger partial charge in [0.15, 0.2) is 0 Å². The van der Waals surface area contributed by atoms with Crippen molar-refractivity contribution in [1.82, 2.24) is 15.0 Å². The summed E-state index contributed by atoms with van der Waals surface area (Å²) < 4.78 is 0. The molecule has 0 saturated carbocycles. The van der Waals surface area contributed by atoms with Crippen molar-refractivity contribution in [2.45, 2.75) is 13.1 Å². The summed E-state index contributed by atoms with van der Waals surface area (Å²) in [5.41, 5.74) is 1.98. The van der Waals surface area contributed by atoms with E-state index in [1.54, 1.807) is 6.33 Å². The predicted molar refractivity (Wildman–Crippen MR) is 29.6 cm³/mol. The maximum atomic E-state index is 8.91. The van der Waals surface area contributed by atoms with Crippen LogP contribution in [0.3, 0.4) is 0 Å². The summed E-state index contributed by atoms with van der Waals surface area (Å²) in [4.78, 5) is 6.93. The number of hydroxylamine groups is 2. The molecule has 0 fully saturated rings. The molecule has 1 aromatic rings. The smallest absolute Gasteiger partial charge is 0.0926 e. The van der Waals surface area contributed by atoms with E-state index in [9.17, 15) is 0 Å². The van der Waals surface area contributed by atoms with E-state index in [1.807, 2.05) is 0 Å². The first-order chi connectivity index (χ1) is 4.36. The zero-order valence-corrected chi connectivity index (χ0v) is 4.83. The molecule has 0 bridgehead atoms. The molecule has 2 N–H and O–H groups in total. The number of aromatic amines is 1. The minimum Gasteiger partial charge on any atom is -0.347 e. The molecule has 0 radical (unpaired) electrons. The number of rotatable bonds is 0. The molecule has 0 unspecified atom stereocenters. The van der Waals surface area contributed by atoms with Gasteiger partial charge in [-0.05, 0) is 0 Å². The first-order valence-corrected chi connectivity index (χ1v) is 2.81. The molecule has 2 rings (SSSR count). The predicted octanol–water partition coefficient (Wildman–Crippen LogP) is 0.115. The Bertz CT molecular complexity index is 199. The molecule has 48 valence electrons. The fourth-order valence-electron chi connectivity index (χ4n) is 1.03. The number of hydrogen-bond acceptors (Lipinski definition) is 3. The lowest BCUT2D eigenvalue weighted by atomic mass is 10.4. The molecule has 0 atom stereocenters. The number of imidazole rings is 1. The second-order valence-electron chi connectivity index (χ2n) is 2.15. The Labute approximate surface area is 52.1 Å². The normalized spacial score (nSPS) is 18.3. The van der Waals surface area contributed by atoms with Crippen LogP contribution in [0.15, 0.2) is 6.33 Å². The summed E-state index contributed by atoms with van der Waals surface area (Å²) in [6.45, 7) is 1.13. The average molecular weight is 125 g/mol. The van der Waals surface area contributed by atoms with Gasteiger partial charge in [0.2, 0.25) is 0 Å². The summed E-state index contributed by atoms with van der Waals surface area (Å²) in [7, 11) is 0. The highest BCUT2D eigenvalue weighted by atomic mass is 16.5. The lowest BCUT2D eigenvalue weighted by molar-refractivity contribution is -0.0981. The van der Waals surface area contributed by atoms with Crippen LogP contribution in [0.5, 0.6) is 0 Å². The number of nitrogens with zero attached hydrogens (tertiary/aromatic N) is 2. The molecule has 9 heavy (non-hydrogen) atoms. The van der Waals surface area contributed by atoms with Crippen molar-refractivity contribution in [2.75, 3.05) is 0 Å². The van der Waals surface area contributed by atoms with Gasteiger partial charge in [-0.25, -0.2) is 4.98 Å². The van der Waals surface area contributed by atoms with Crippen molar-refractivity contribution in [3.8, 4) is 0 Å². The number of hydrogen-bond donors (Lipinski definition) is 2. The molecule has 0 aliphatic carbocycles. The van der Waals surface area contributed by atoms with Gasteiger partial charge in [0, 0.05) is 0 Å². The molecule has 1 aliphatic heterocycles. The Kier molecular flexibility index (Phi) is 0.856. The number of aromatic nitrogens is 2. The third kappa shape index (κ3) is 0.639. The molecule has 4 heteroatoms. The average Bonchev–Trinajstić information content (AvgIpc) is 2.22. The summed E-state index contributed by atoms with van der Waals surface area (Å²) >= 11 is 0. The molecule has 4 nitrogen and oxygen atoms in total. The van der Waals surface area contributed by atoms with Crippen LogP contribution in [-0.2, 0) is 13.1 Å². The van der Waals surface area contributed by atoms with Crippen molar-refractivity contribution in [1.29, 1.82) is 0 Å². The van der Waals surface area contributed by atoms with E-state index in [0.717, 1.165) is 11.4 Å². The SMILES string of the molecule is ON1Cc2nc[nH]c2C1. The highest BCUT2D eigenvalue weighted by Gasteiger charge is 2.18. The molecule has 1 aromatic heterocycles. The van der Waals surface area contributed by atoms with Crippen LogP contribution in [-0.4, -0.2) is 20.2 Å².